The molecule has 0 spiro atoms. The zero-order chi connectivity index (χ0) is 15.9. The molecule has 1 aliphatic heterocycles. The number of esters is 1. The molecule has 0 saturated carbocycles. The van der Waals surface area contributed by atoms with Crippen molar-refractivity contribution in [1.29, 1.82) is 0 Å². The second-order valence-electron chi connectivity index (χ2n) is 5.22. The van der Waals surface area contributed by atoms with Crippen LogP contribution in [0.2, 0.25) is 0 Å². The number of alkyl halides is 1. The number of nitrogens with zero attached hydrogens (tertiary/aromatic N) is 1. The van der Waals surface area contributed by atoms with E-state index in [2.05, 4.69) is 0 Å². The zero-order valence-corrected chi connectivity index (χ0v) is 12.5. The van der Waals surface area contributed by atoms with Crippen LogP contribution < -0.4 is 0 Å². The summed E-state index contributed by atoms with van der Waals surface area (Å²) in [6, 6.07) is 9.29. The van der Waals surface area contributed by atoms with Gasteiger partial charge in [-0.05, 0) is 12.5 Å². The average Bonchev–Trinajstić information content (AvgIpc) is 2.98. The second kappa shape index (κ2) is 7.77. The number of hydrogen-bond acceptors (Lipinski definition) is 4. The van der Waals surface area contributed by atoms with Gasteiger partial charge in [0, 0.05) is 19.0 Å². The lowest BCUT2D eigenvalue weighted by Gasteiger charge is -2.16. The molecule has 0 unspecified atom stereocenters. The van der Waals surface area contributed by atoms with Gasteiger partial charge in [0.25, 0.3) is 0 Å². The van der Waals surface area contributed by atoms with Crippen LogP contribution in [0.3, 0.4) is 0 Å². The van der Waals surface area contributed by atoms with Crippen LogP contribution in [-0.4, -0.2) is 43.3 Å². The summed E-state index contributed by atoms with van der Waals surface area (Å²) in [6.45, 7) is 1.75. The maximum absolute atomic E-state index is 13.0. The number of likely N-dealkylation sites (tertiary alicyclic amines) is 1. The SMILES string of the molecule is CCOC(=O)[C@H]1CN(C(=O)OCc2ccccc2)C[C@@H]1CF. The maximum Gasteiger partial charge on any atom is 0.410 e. The lowest BCUT2D eigenvalue weighted by atomic mass is 9.98. The molecule has 0 bridgehead atoms. The van der Waals surface area contributed by atoms with Crippen molar-refractivity contribution in [1.82, 2.24) is 4.90 Å². The molecule has 1 amide bonds. The number of amides is 1. The third-order valence-corrected chi connectivity index (χ3v) is 3.69. The predicted octanol–water partition coefficient (Wildman–Crippen LogP) is 2.40. The first kappa shape index (κ1) is 16.3. The fraction of sp³-hybridized carbons (Fsp3) is 0.500. The summed E-state index contributed by atoms with van der Waals surface area (Å²) in [4.78, 5) is 25.2. The Morgan fingerprint density at radius 1 is 1.23 bits per heavy atom. The van der Waals surface area contributed by atoms with Crippen molar-refractivity contribution in [2.24, 2.45) is 11.8 Å². The lowest BCUT2D eigenvalue weighted by Crippen LogP contribution is -2.30. The molecule has 0 aliphatic carbocycles. The van der Waals surface area contributed by atoms with Crippen molar-refractivity contribution >= 4 is 12.1 Å². The number of halogens is 1. The van der Waals surface area contributed by atoms with E-state index in [4.69, 9.17) is 9.47 Å². The van der Waals surface area contributed by atoms with E-state index in [1.807, 2.05) is 30.3 Å². The van der Waals surface area contributed by atoms with Gasteiger partial charge < -0.3 is 14.4 Å². The van der Waals surface area contributed by atoms with Crippen LogP contribution in [0.4, 0.5) is 9.18 Å². The number of rotatable bonds is 5. The molecule has 1 aromatic rings. The molecular weight excluding hydrogens is 289 g/mol. The summed E-state index contributed by atoms with van der Waals surface area (Å²) in [6.07, 6.45) is -0.533. The molecule has 0 N–H and O–H groups in total. The molecule has 2 rings (SSSR count). The van der Waals surface area contributed by atoms with Gasteiger partial charge >= 0.3 is 12.1 Å². The molecular formula is C16H20FNO4. The third kappa shape index (κ3) is 3.96. The summed E-state index contributed by atoms with van der Waals surface area (Å²) in [5.41, 5.74) is 0.874. The van der Waals surface area contributed by atoms with E-state index in [-0.39, 0.29) is 26.3 Å². The van der Waals surface area contributed by atoms with Crippen molar-refractivity contribution < 1.29 is 23.5 Å². The normalized spacial score (nSPS) is 20.7. The van der Waals surface area contributed by atoms with Crippen molar-refractivity contribution in [3.8, 4) is 0 Å². The first-order valence-electron chi connectivity index (χ1n) is 7.34. The van der Waals surface area contributed by atoms with Crippen LogP contribution in [0.1, 0.15) is 12.5 Å². The topological polar surface area (TPSA) is 55.8 Å². The van der Waals surface area contributed by atoms with Gasteiger partial charge in [0.1, 0.15) is 6.61 Å². The van der Waals surface area contributed by atoms with Crippen LogP contribution >= 0.6 is 0 Å². The Morgan fingerprint density at radius 2 is 1.95 bits per heavy atom. The Bertz CT molecular complexity index is 508. The van der Waals surface area contributed by atoms with Crippen molar-refractivity contribution in [3.63, 3.8) is 0 Å². The number of carbonyl (C=O) groups is 2. The Kier molecular flexibility index (Phi) is 5.75. The summed E-state index contributed by atoms with van der Waals surface area (Å²) in [5, 5.41) is 0. The van der Waals surface area contributed by atoms with E-state index in [1.165, 1.54) is 4.90 Å². The van der Waals surface area contributed by atoms with Gasteiger partial charge in [0.15, 0.2) is 0 Å². The van der Waals surface area contributed by atoms with Gasteiger partial charge in [0.05, 0.1) is 19.2 Å². The van der Waals surface area contributed by atoms with E-state index in [0.29, 0.717) is 0 Å². The quantitative estimate of drug-likeness (QED) is 0.784. The van der Waals surface area contributed by atoms with E-state index >= 15 is 0 Å². The molecule has 5 nitrogen and oxygen atoms in total. The highest BCUT2D eigenvalue weighted by Gasteiger charge is 2.41. The van der Waals surface area contributed by atoms with Crippen molar-refractivity contribution in [2.45, 2.75) is 13.5 Å². The van der Waals surface area contributed by atoms with Crippen LogP contribution in [0.15, 0.2) is 30.3 Å². The largest absolute Gasteiger partial charge is 0.466 e. The number of ether oxygens (including phenoxy) is 2. The van der Waals surface area contributed by atoms with E-state index < -0.39 is 30.6 Å². The van der Waals surface area contributed by atoms with Crippen LogP contribution in [0, 0.1) is 11.8 Å². The molecule has 1 saturated heterocycles. The number of carbonyl (C=O) groups excluding carboxylic acids is 2. The predicted molar refractivity (Wildman–Crippen MR) is 77.8 cm³/mol. The molecule has 0 radical (unpaired) electrons. The van der Waals surface area contributed by atoms with Gasteiger partial charge in [-0.25, -0.2) is 4.79 Å². The third-order valence-electron chi connectivity index (χ3n) is 3.69. The molecule has 1 aromatic carbocycles. The van der Waals surface area contributed by atoms with Gasteiger partial charge in [-0.1, -0.05) is 30.3 Å². The molecule has 1 heterocycles. The summed E-state index contributed by atoms with van der Waals surface area (Å²) in [5.74, 6) is -1.60. The highest BCUT2D eigenvalue weighted by Crippen LogP contribution is 2.26. The fourth-order valence-corrected chi connectivity index (χ4v) is 2.50. The van der Waals surface area contributed by atoms with Crippen molar-refractivity contribution in [2.75, 3.05) is 26.4 Å². The van der Waals surface area contributed by atoms with Gasteiger partial charge in [-0.15, -0.1) is 0 Å². The minimum atomic E-state index is -0.661. The second-order valence-corrected chi connectivity index (χ2v) is 5.22. The molecule has 1 fully saturated rings. The Labute approximate surface area is 129 Å². The van der Waals surface area contributed by atoms with Crippen LogP contribution in [-0.2, 0) is 20.9 Å². The molecule has 120 valence electrons. The number of benzene rings is 1. The molecule has 22 heavy (non-hydrogen) atoms. The zero-order valence-electron chi connectivity index (χ0n) is 12.5. The Balaban J connectivity index is 1.89. The standard InChI is InChI=1S/C16H20FNO4/c1-2-21-15(19)14-10-18(9-13(14)8-17)16(20)22-11-12-6-4-3-5-7-12/h3-7,13-14H,2,8-11H2,1H3/t13-,14-/m0/s1. The van der Waals surface area contributed by atoms with E-state index in [0.717, 1.165) is 5.56 Å². The fourth-order valence-electron chi connectivity index (χ4n) is 2.50. The Hall–Kier alpha value is -2.11. The molecule has 0 aromatic heterocycles. The summed E-state index contributed by atoms with van der Waals surface area (Å²) < 4.78 is 23.2. The molecule has 1 aliphatic rings. The first-order valence-corrected chi connectivity index (χ1v) is 7.34. The minimum Gasteiger partial charge on any atom is -0.466 e. The van der Waals surface area contributed by atoms with E-state index in [9.17, 15) is 14.0 Å². The van der Waals surface area contributed by atoms with Gasteiger partial charge in [-0.3, -0.25) is 9.18 Å². The van der Waals surface area contributed by atoms with Gasteiger partial charge in [0.2, 0.25) is 0 Å². The number of hydrogen-bond donors (Lipinski definition) is 0. The van der Waals surface area contributed by atoms with Gasteiger partial charge in [-0.2, -0.15) is 0 Å². The highest BCUT2D eigenvalue weighted by atomic mass is 19.1. The first-order chi connectivity index (χ1) is 10.7. The monoisotopic (exact) mass is 309 g/mol. The van der Waals surface area contributed by atoms with Crippen molar-refractivity contribution in [3.05, 3.63) is 35.9 Å². The van der Waals surface area contributed by atoms with E-state index in [1.54, 1.807) is 6.92 Å². The molecule has 6 heteroatoms. The Morgan fingerprint density at radius 3 is 2.59 bits per heavy atom. The lowest BCUT2D eigenvalue weighted by molar-refractivity contribution is -0.149. The maximum atomic E-state index is 13.0. The highest BCUT2D eigenvalue weighted by molar-refractivity contribution is 5.76. The summed E-state index contributed by atoms with van der Waals surface area (Å²) in [7, 11) is 0. The molecule has 2 atom stereocenters. The van der Waals surface area contributed by atoms with Crippen LogP contribution in [0.5, 0.6) is 0 Å². The van der Waals surface area contributed by atoms with Crippen LogP contribution in [0.25, 0.3) is 0 Å². The average molecular weight is 309 g/mol. The summed E-state index contributed by atoms with van der Waals surface area (Å²) >= 11 is 0. The minimum absolute atomic E-state index is 0.140. The smallest absolute Gasteiger partial charge is 0.410 e.